The molecule has 7 heteroatoms. The molecule has 5 aromatic rings. The molecule has 246 valence electrons. The summed E-state index contributed by atoms with van der Waals surface area (Å²) in [5.41, 5.74) is 5.04. The first-order valence-corrected chi connectivity index (χ1v) is 17.0. The van der Waals surface area contributed by atoms with Gasteiger partial charge in [-0.15, -0.1) is 11.8 Å². The first-order chi connectivity index (χ1) is 23.6. The van der Waals surface area contributed by atoms with Gasteiger partial charge < -0.3 is 24.1 Å². The van der Waals surface area contributed by atoms with Crippen LogP contribution in [0.4, 0.5) is 0 Å². The maximum atomic E-state index is 12.9. The third-order valence-electron chi connectivity index (χ3n) is 8.38. The van der Waals surface area contributed by atoms with Crippen molar-refractivity contribution < 1.29 is 28.8 Å². The lowest BCUT2D eigenvalue weighted by Gasteiger charge is -2.50. The monoisotopic (exact) mass is 660 g/mol. The molecule has 6 rings (SSSR count). The van der Waals surface area contributed by atoms with Crippen LogP contribution in [-0.2, 0) is 50.3 Å². The van der Waals surface area contributed by atoms with Crippen molar-refractivity contribution >= 4 is 18.0 Å². The third kappa shape index (κ3) is 8.68. The summed E-state index contributed by atoms with van der Waals surface area (Å²) < 4.78 is 26.6. The van der Waals surface area contributed by atoms with Gasteiger partial charge in [-0.3, -0.25) is 4.79 Å². The fourth-order valence-corrected chi connectivity index (χ4v) is 7.51. The van der Waals surface area contributed by atoms with Gasteiger partial charge in [0.1, 0.15) is 24.6 Å². The fourth-order valence-electron chi connectivity index (χ4n) is 5.92. The molecule has 0 unspecified atom stereocenters. The van der Waals surface area contributed by atoms with Gasteiger partial charge in [0, 0.05) is 5.56 Å². The Kier molecular flexibility index (Phi) is 11.9. The molecule has 6 nitrogen and oxygen atoms in total. The van der Waals surface area contributed by atoms with Gasteiger partial charge in [-0.05, 0) is 33.9 Å². The second kappa shape index (κ2) is 16.8. The van der Waals surface area contributed by atoms with E-state index in [4.69, 9.17) is 18.9 Å². The molecule has 1 heterocycles. The van der Waals surface area contributed by atoms with E-state index in [-0.39, 0.29) is 25.1 Å². The molecule has 48 heavy (non-hydrogen) atoms. The Balaban J connectivity index is 1.39. The quantitative estimate of drug-likeness (QED) is 0.115. The van der Waals surface area contributed by atoms with Crippen molar-refractivity contribution in [3.05, 3.63) is 179 Å². The molecule has 0 bridgehead atoms. The smallest absolute Gasteiger partial charge is 0.165 e. The van der Waals surface area contributed by atoms with Crippen molar-refractivity contribution in [1.29, 1.82) is 0 Å². The van der Waals surface area contributed by atoms with Crippen molar-refractivity contribution in [2.45, 2.75) is 54.9 Å². The number of hydrogen-bond donors (Lipinski definition) is 1. The highest BCUT2D eigenvalue weighted by atomic mass is 32.2. The van der Waals surface area contributed by atoms with E-state index in [1.807, 2.05) is 127 Å². The average Bonchev–Trinajstić information content (AvgIpc) is 3.15. The molecule has 0 radical (unpaired) electrons. The molecule has 1 fully saturated rings. The lowest BCUT2D eigenvalue weighted by atomic mass is 9.92. The summed E-state index contributed by atoms with van der Waals surface area (Å²) in [6.07, 6.45) is -1.32. The molecule has 1 aliphatic heterocycles. The number of carbonyl (C=O) groups is 1. The summed E-state index contributed by atoms with van der Waals surface area (Å²) in [5, 5.41) is 12.5. The Morgan fingerprint density at radius 2 is 1.06 bits per heavy atom. The zero-order valence-corrected chi connectivity index (χ0v) is 27.5. The van der Waals surface area contributed by atoms with Crippen LogP contribution in [0.25, 0.3) is 0 Å². The Morgan fingerprint density at radius 1 is 0.583 bits per heavy atom. The van der Waals surface area contributed by atoms with Crippen LogP contribution >= 0.6 is 11.8 Å². The van der Waals surface area contributed by atoms with Crippen molar-refractivity contribution in [1.82, 2.24) is 0 Å². The SMILES string of the molecule is O=Cc1cccc([C@]2(O)S[C@@H](COCc3ccccc3)[C@@H](OCc3ccccc3)[C@H](OCc3ccccc3)[C@H]2OCc2ccccc2)c1. The number of hydrogen-bond acceptors (Lipinski definition) is 7. The van der Waals surface area contributed by atoms with Gasteiger partial charge in [-0.25, -0.2) is 0 Å². The molecule has 1 aliphatic rings. The van der Waals surface area contributed by atoms with Crippen molar-refractivity contribution in [3.8, 4) is 0 Å². The summed E-state index contributed by atoms with van der Waals surface area (Å²) >= 11 is 1.34. The van der Waals surface area contributed by atoms with Gasteiger partial charge in [0.05, 0.1) is 38.3 Å². The second-order valence-corrected chi connectivity index (χ2v) is 13.3. The second-order valence-electron chi connectivity index (χ2n) is 11.8. The molecular formula is C41H40O6S. The van der Waals surface area contributed by atoms with Crippen LogP contribution in [0.15, 0.2) is 146 Å². The Hall–Kier alpha value is -4.08. The van der Waals surface area contributed by atoms with Gasteiger partial charge in [0.15, 0.2) is 4.93 Å². The zero-order chi connectivity index (χ0) is 33.0. The summed E-state index contributed by atoms with van der Waals surface area (Å²) in [6, 6.07) is 46.9. The number of carbonyl (C=O) groups excluding carboxylic acids is 1. The molecule has 0 saturated carbocycles. The highest BCUT2D eigenvalue weighted by Crippen LogP contribution is 2.50. The molecule has 0 spiro atoms. The maximum Gasteiger partial charge on any atom is 0.165 e. The van der Waals surface area contributed by atoms with Crippen molar-refractivity contribution in [2.24, 2.45) is 0 Å². The van der Waals surface area contributed by atoms with Crippen LogP contribution < -0.4 is 0 Å². The number of ether oxygens (including phenoxy) is 4. The maximum absolute atomic E-state index is 12.9. The number of benzene rings is 5. The van der Waals surface area contributed by atoms with E-state index in [1.165, 1.54) is 11.8 Å². The van der Waals surface area contributed by atoms with E-state index in [2.05, 4.69) is 0 Å². The van der Waals surface area contributed by atoms with Crippen molar-refractivity contribution in [3.63, 3.8) is 0 Å². The van der Waals surface area contributed by atoms with Crippen LogP contribution in [0.1, 0.15) is 38.2 Å². The zero-order valence-electron chi connectivity index (χ0n) is 26.7. The molecular weight excluding hydrogens is 621 g/mol. The Morgan fingerprint density at radius 3 is 1.58 bits per heavy atom. The summed E-state index contributed by atoms with van der Waals surface area (Å²) in [7, 11) is 0. The molecule has 0 amide bonds. The number of thioether (sulfide) groups is 1. The van der Waals surface area contributed by atoms with Crippen LogP contribution in [-0.4, -0.2) is 41.6 Å². The Bertz CT molecular complexity index is 1690. The van der Waals surface area contributed by atoms with E-state index in [0.29, 0.717) is 24.3 Å². The Labute approximate surface area is 286 Å². The molecule has 0 aliphatic carbocycles. The minimum atomic E-state index is -1.61. The van der Waals surface area contributed by atoms with Crippen LogP contribution in [0.5, 0.6) is 0 Å². The largest absolute Gasteiger partial charge is 0.376 e. The standard InChI is InChI=1S/C41H40O6S/c42-25-35-22-13-23-36(24-35)41(43)40(47-29-34-20-11-4-12-21-34)39(46-28-33-18-9-3-10-19-33)38(45-27-32-16-7-2-8-17-32)37(48-41)30-44-26-31-14-5-1-6-15-31/h1-25,37-40,43H,26-30H2/t37-,38+,39-,40+,41-/m0/s1. The molecule has 0 aromatic heterocycles. The highest BCUT2D eigenvalue weighted by molar-refractivity contribution is 8.00. The van der Waals surface area contributed by atoms with Gasteiger partial charge in [0.25, 0.3) is 0 Å². The average molecular weight is 661 g/mol. The normalized spacial score (nSPS) is 22.3. The topological polar surface area (TPSA) is 74.2 Å². The number of rotatable bonds is 15. The predicted octanol–water partition coefficient (Wildman–Crippen LogP) is 7.73. The predicted molar refractivity (Wildman–Crippen MR) is 188 cm³/mol. The molecule has 1 N–H and O–H groups in total. The fraction of sp³-hybridized carbons (Fsp3) is 0.244. The first kappa shape index (κ1) is 33.8. The van der Waals surface area contributed by atoms with Crippen LogP contribution in [0.2, 0.25) is 0 Å². The number of aldehydes is 1. The van der Waals surface area contributed by atoms with E-state index in [9.17, 15) is 9.90 Å². The minimum absolute atomic E-state index is 0.244. The lowest BCUT2D eigenvalue weighted by molar-refractivity contribution is -0.199. The number of aliphatic hydroxyl groups is 1. The van der Waals surface area contributed by atoms with Crippen molar-refractivity contribution in [2.75, 3.05) is 6.61 Å². The van der Waals surface area contributed by atoms with Gasteiger partial charge in [-0.1, -0.05) is 140 Å². The summed E-state index contributed by atoms with van der Waals surface area (Å²) in [5.74, 6) is 0. The minimum Gasteiger partial charge on any atom is -0.376 e. The third-order valence-corrected chi connectivity index (χ3v) is 9.91. The van der Waals surface area contributed by atoms with E-state index in [0.717, 1.165) is 28.5 Å². The first-order valence-electron chi connectivity index (χ1n) is 16.2. The molecule has 5 atom stereocenters. The molecule has 5 aromatic carbocycles. The summed E-state index contributed by atoms with van der Waals surface area (Å²) in [4.78, 5) is 10.3. The molecule has 1 saturated heterocycles. The lowest BCUT2D eigenvalue weighted by Crippen LogP contribution is -2.61. The van der Waals surface area contributed by atoms with Gasteiger partial charge in [0.2, 0.25) is 0 Å². The van der Waals surface area contributed by atoms with E-state index < -0.39 is 23.2 Å². The highest BCUT2D eigenvalue weighted by Gasteiger charge is 2.56. The summed E-state index contributed by atoms with van der Waals surface area (Å²) in [6.45, 7) is 1.57. The van der Waals surface area contributed by atoms with E-state index >= 15 is 0 Å². The van der Waals surface area contributed by atoms with Crippen LogP contribution in [0, 0.1) is 0 Å². The van der Waals surface area contributed by atoms with Crippen LogP contribution in [0.3, 0.4) is 0 Å². The van der Waals surface area contributed by atoms with E-state index in [1.54, 1.807) is 18.2 Å². The van der Waals surface area contributed by atoms with Gasteiger partial charge in [-0.2, -0.15) is 0 Å². The van der Waals surface area contributed by atoms with Gasteiger partial charge >= 0.3 is 0 Å².